The summed E-state index contributed by atoms with van der Waals surface area (Å²) in [5.41, 5.74) is 3.65. The topological polar surface area (TPSA) is 71.8 Å². The molecule has 1 atom stereocenters. The summed E-state index contributed by atoms with van der Waals surface area (Å²) in [6.07, 6.45) is 2.12. The van der Waals surface area contributed by atoms with E-state index in [0.29, 0.717) is 11.5 Å². The third kappa shape index (κ3) is 3.46. The zero-order valence-corrected chi connectivity index (χ0v) is 16.1. The first kappa shape index (κ1) is 17.9. The molecular formula is C24H19N5O. The number of anilines is 2. The van der Waals surface area contributed by atoms with Crippen LogP contribution in [-0.2, 0) is 0 Å². The van der Waals surface area contributed by atoms with Crippen LogP contribution in [0, 0.1) is 0 Å². The maximum absolute atomic E-state index is 12.5. The lowest BCUT2D eigenvalue weighted by atomic mass is 10.0. The number of nitrogens with zero attached hydrogens (tertiary/aromatic N) is 3. The molecule has 1 aliphatic heterocycles. The highest BCUT2D eigenvalue weighted by atomic mass is 16.1. The smallest absolute Gasteiger partial charge is 0.258 e. The molecule has 146 valence electrons. The van der Waals surface area contributed by atoms with Crippen molar-refractivity contribution < 1.29 is 4.79 Å². The van der Waals surface area contributed by atoms with Crippen LogP contribution in [0.3, 0.4) is 0 Å². The Labute approximate surface area is 173 Å². The van der Waals surface area contributed by atoms with Crippen LogP contribution < -0.4 is 10.6 Å². The number of allylic oxidation sites excluding steroid dienone is 1. The van der Waals surface area contributed by atoms with E-state index in [9.17, 15) is 4.79 Å². The van der Waals surface area contributed by atoms with E-state index in [0.717, 1.165) is 16.8 Å². The van der Waals surface area contributed by atoms with Gasteiger partial charge in [0, 0.05) is 11.3 Å². The van der Waals surface area contributed by atoms with Crippen molar-refractivity contribution >= 4 is 23.5 Å². The van der Waals surface area contributed by atoms with Gasteiger partial charge in [-0.2, -0.15) is 4.98 Å². The molecule has 3 aromatic carbocycles. The summed E-state index contributed by atoms with van der Waals surface area (Å²) >= 11 is 0. The first-order valence-corrected chi connectivity index (χ1v) is 9.70. The van der Waals surface area contributed by atoms with Crippen LogP contribution in [0.4, 0.5) is 11.9 Å². The molecule has 1 aliphatic rings. The first-order chi connectivity index (χ1) is 14.8. The maximum Gasteiger partial charge on any atom is 0.258 e. The average molecular weight is 393 g/mol. The van der Waals surface area contributed by atoms with Gasteiger partial charge in [0.05, 0.1) is 0 Å². The number of amides is 1. The molecule has 0 unspecified atom stereocenters. The zero-order chi connectivity index (χ0) is 20.3. The minimum atomic E-state index is -0.244. The molecule has 2 N–H and O–H groups in total. The molecule has 0 aliphatic carbocycles. The Bertz CT molecular complexity index is 1200. The lowest BCUT2D eigenvalue weighted by Crippen LogP contribution is -2.20. The Balaban J connectivity index is 1.51. The lowest BCUT2D eigenvalue weighted by molar-refractivity contribution is 0.102. The fourth-order valence-corrected chi connectivity index (χ4v) is 3.48. The molecule has 0 saturated heterocycles. The minimum Gasteiger partial charge on any atom is -0.324 e. The standard InChI is InChI=1S/C24H19N5O/c30-22(19-14-8-3-9-15-19)26-23-27-24-25-20(17-10-4-1-5-11-17)16-21(29(24)28-23)18-12-6-2-7-13-18/h1-16,21H,(H2,25,26,27,28,30)/t21-/m0/s1. The van der Waals surface area contributed by atoms with Crippen LogP contribution in [0.15, 0.2) is 97.1 Å². The highest BCUT2D eigenvalue weighted by Gasteiger charge is 2.25. The fraction of sp³-hybridized carbons (Fsp3) is 0.0417. The first-order valence-electron chi connectivity index (χ1n) is 9.70. The van der Waals surface area contributed by atoms with Crippen molar-refractivity contribution in [1.29, 1.82) is 0 Å². The van der Waals surface area contributed by atoms with E-state index in [2.05, 4.69) is 38.9 Å². The summed E-state index contributed by atoms with van der Waals surface area (Å²) in [7, 11) is 0. The van der Waals surface area contributed by atoms with E-state index < -0.39 is 0 Å². The second-order valence-corrected chi connectivity index (χ2v) is 6.95. The summed E-state index contributed by atoms with van der Waals surface area (Å²) in [6.45, 7) is 0. The van der Waals surface area contributed by atoms with Crippen LogP contribution in [0.1, 0.15) is 27.5 Å². The maximum atomic E-state index is 12.5. The van der Waals surface area contributed by atoms with Crippen LogP contribution >= 0.6 is 0 Å². The summed E-state index contributed by atoms with van der Waals surface area (Å²) in [4.78, 5) is 17.1. The molecule has 4 aromatic rings. The molecule has 1 aromatic heterocycles. The lowest BCUT2D eigenvalue weighted by Gasteiger charge is -2.24. The van der Waals surface area contributed by atoms with E-state index in [1.165, 1.54) is 0 Å². The molecule has 5 rings (SSSR count). The van der Waals surface area contributed by atoms with Crippen molar-refractivity contribution in [2.75, 3.05) is 10.6 Å². The minimum absolute atomic E-state index is 0.146. The molecule has 2 heterocycles. The number of aromatic nitrogens is 3. The number of carbonyl (C=O) groups excluding carboxylic acids is 1. The van der Waals surface area contributed by atoms with Gasteiger partial charge in [-0.15, -0.1) is 5.10 Å². The SMILES string of the molecule is O=C(Nc1nc2n(n1)[C@H](c1ccccc1)C=C(c1ccccc1)N2)c1ccccc1. The van der Waals surface area contributed by atoms with Crippen molar-refractivity contribution in [1.82, 2.24) is 14.8 Å². The molecule has 0 radical (unpaired) electrons. The van der Waals surface area contributed by atoms with Gasteiger partial charge < -0.3 is 5.32 Å². The highest BCUT2D eigenvalue weighted by Crippen LogP contribution is 2.33. The largest absolute Gasteiger partial charge is 0.324 e. The van der Waals surface area contributed by atoms with E-state index >= 15 is 0 Å². The molecule has 30 heavy (non-hydrogen) atoms. The Kier molecular flexibility index (Phi) is 4.57. The second kappa shape index (κ2) is 7.67. The summed E-state index contributed by atoms with van der Waals surface area (Å²) in [5, 5.41) is 10.7. The predicted octanol–water partition coefficient (Wildman–Crippen LogP) is 4.59. The van der Waals surface area contributed by atoms with E-state index in [4.69, 9.17) is 0 Å². The number of hydrogen-bond acceptors (Lipinski definition) is 4. The van der Waals surface area contributed by atoms with Gasteiger partial charge in [-0.25, -0.2) is 4.68 Å². The van der Waals surface area contributed by atoms with Crippen LogP contribution in [-0.4, -0.2) is 20.7 Å². The number of rotatable bonds is 4. The third-order valence-electron chi connectivity index (χ3n) is 4.95. The third-order valence-corrected chi connectivity index (χ3v) is 4.95. The highest BCUT2D eigenvalue weighted by molar-refractivity contribution is 6.03. The van der Waals surface area contributed by atoms with E-state index in [-0.39, 0.29) is 17.9 Å². The molecule has 0 bridgehead atoms. The molecule has 0 saturated carbocycles. The molecule has 0 fully saturated rings. The normalized spacial score (nSPS) is 14.9. The van der Waals surface area contributed by atoms with Gasteiger partial charge in [-0.05, 0) is 29.3 Å². The second-order valence-electron chi connectivity index (χ2n) is 6.95. The van der Waals surface area contributed by atoms with Gasteiger partial charge in [0.1, 0.15) is 6.04 Å². The van der Waals surface area contributed by atoms with Crippen LogP contribution in [0.5, 0.6) is 0 Å². The number of fused-ring (bicyclic) bond motifs is 1. The number of benzene rings is 3. The van der Waals surface area contributed by atoms with Crippen molar-refractivity contribution in [3.05, 3.63) is 114 Å². The van der Waals surface area contributed by atoms with Gasteiger partial charge in [0.25, 0.3) is 11.9 Å². The summed E-state index contributed by atoms with van der Waals surface area (Å²) in [5.74, 6) is 0.592. The number of hydrogen-bond donors (Lipinski definition) is 2. The monoisotopic (exact) mass is 393 g/mol. The Morgan fingerprint density at radius 1 is 0.867 bits per heavy atom. The Hall–Kier alpha value is -4.19. The van der Waals surface area contributed by atoms with E-state index in [1.54, 1.807) is 16.8 Å². The van der Waals surface area contributed by atoms with Crippen molar-refractivity contribution in [3.8, 4) is 0 Å². The molecule has 6 nitrogen and oxygen atoms in total. The molecule has 1 amide bonds. The van der Waals surface area contributed by atoms with Gasteiger partial charge in [0.2, 0.25) is 5.95 Å². The van der Waals surface area contributed by atoms with Crippen molar-refractivity contribution in [2.45, 2.75) is 6.04 Å². The van der Waals surface area contributed by atoms with Crippen LogP contribution in [0.2, 0.25) is 0 Å². The molecular weight excluding hydrogens is 374 g/mol. The van der Waals surface area contributed by atoms with Gasteiger partial charge in [-0.3, -0.25) is 10.1 Å². The van der Waals surface area contributed by atoms with Gasteiger partial charge in [-0.1, -0.05) is 78.9 Å². The van der Waals surface area contributed by atoms with E-state index in [1.807, 2.05) is 66.7 Å². The Morgan fingerprint density at radius 3 is 2.20 bits per heavy atom. The Morgan fingerprint density at radius 2 is 1.50 bits per heavy atom. The number of nitrogens with one attached hydrogen (secondary N) is 2. The molecule has 0 spiro atoms. The van der Waals surface area contributed by atoms with Crippen LogP contribution in [0.25, 0.3) is 5.70 Å². The summed E-state index contributed by atoms with van der Waals surface area (Å²) < 4.78 is 1.79. The van der Waals surface area contributed by atoms with Gasteiger partial charge in [0.15, 0.2) is 0 Å². The number of carbonyl (C=O) groups is 1. The van der Waals surface area contributed by atoms with Crippen molar-refractivity contribution in [3.63, 3.8) is 0 Å². The molecule has 6 heteroatoms. The van der Waals surface area contributed by atoms with Gasteiger partial charge >= 0.3 is 0 Å². The fourth-order valence-electron chi connectivity index (χ4n) is 3.48. The zero-order valence-electron chi connectivity index (χ0n) is 16.1. The summed E-state index contributed by atoms with van der Waals surface area (Å²) in [6, 6.07) is 29.1. The van der Waals surface area contributed by atoms with Crippen molar-refractivity contribution in [2.24, 2.45) is 0 Å². The quantitative estimate of drug-likeness (QED) is 0.532. The average Bonchev–Trinajstić information content (AvgIpc) is 3.22. The predicted molar refractivity (Wildman–Crippen MR) is 117 cm³/mol.